The first-order valence-electron chi connectivity index (χ1n) is 5.08. The normalized spacial score (nSPS) is 16.3. The highest BCUT2D eigenvalue weighted by Crippen LogP contribution is 2.23. The molecule has 0 aromatic carbocycles. The molecule has 0 bridgehead atoms. The summed E-state index contributed by atoms with van der Waals surface area (Å²) in [6.07, 6.45) is 3.10. The van der Waals surface area contributed by atoms with Crippen molar-refractivity contribution in [1.29, 1.82) is 0 Å². The molecular weight excluding hydrogens is 206 g/mol. The lowest BCUT2D eigenvalue weighted by Gasteiger charge is -2.36. The molecule has 0 saturated heterocycles. The smallest absolute Gasteiger partial charge is 0.274 e. The van der Waals surface area contributed by atoms with Crippen LogP contribution in [0.5, 0.6) is 0 Å². The number of carbonyl (C=O) groups is 2. The summed E-state index contributed by atoms with van der Waals surface area (Å²) < 4.78 is 0. The molecule has 5 heteroatoms. The highest BCUT2D eigenvalue weighted by molar-refractivity contribution is 6.08. The van der Waals surface area contributed by atoms with Crippen molar-refractivity contribution in [3.05, 3.63) is 23.8 Å². The summed E-state index contributed by atoms with van der Waals surface area (Å²) in [5.41, 5.74) is 0.235. The SMILES string of the molecule is CC(C)(C)N1C(=O)Cc2nccnc2C1=O. The van der Waals surface area contributed by atoms with E-state index in [0.29, 0.717) is 5.69 Å². The van der Waals surface area contributed by atoms with E-state index in [1.807, 2.05) is 20.8 Å². The fraction of sp³-hybridized carbons (Fsp3) is 0.455. The van der Waals surface area contributed by atoms with Crippen molar-refractivity contribution in [3.63, 3.8) is 0 Å². The van der Waals surface area contributed by atoms with E-state index in [2.05, 4.69) is 9.97 Å². The van der Waals surface area contributed by atoms with E-state index in [1.54, 1.807) is 0 Å². The molecule has 0 N–H and O–H groups in total. The van der Waals surface area contributed by atoms with Gasteiger partial charge in [-0.05, 0) is 20.8 Å². The Labute approximate surface area is 93.5 Å². The number of fused-ring (bicyclic) bond motifs is 1. The molecule has 2 heterocycles. The third-order valence-corrected chi connectivity index (χ3v) is 2.42. The minimum Gasteiger partial charge on any atom is -0.274 e. The molecule has 0 spiro atoms. The van der Waals surface area contributed by atoms with E-state index >= 15 is 0 Å². The Morgan fingerprint density at radius 3 is 2.44 bits per heavy atom. The van der Waals surface area contributed by atoms with Crippen LogP contribution < -0.4 is 0 Å². The number of aromatic nitrogens is 2. The highest BCUT2D eigenvalue weighted by atomic mass is 16.2. The average Bonchev–Trinajstić information content (AvgIpc) is 2.15. The summed E-state index contributed by atoms with van der Waals surface area (Å²) in [6.45, 7) is 5.47. The van der Waals surface area contributed by atoms with Crippen molar-refractivity contribution in [3.8, 4) is 0 Å². The van der Waals surface area contributed by atoms with Gasteiger partial charge in [-0.1, -0.05) is 0 Å². The summed E-state index contributed by atoms with van der Waals surface area (Å²) in [4.78, 5) is 33.2. The molecule has 0 fully saturated rings. The van der Waals surface area contributed by atoms with E-state index in [9.17, 15) is 9.59 Å². The van der Waals surface area contributed by atoms with E-state index < -0.39 is 5.54 Å². The fourth-order valence-electron chi connectivity index (χ4n) is 1.80. The van der Waals surface area contributed by atoms with Crippen LogP contribution in [0.4, 0.5) is 0 Å². The molecule has 0 radical (unpaired) electrons. The molecule has 0 saturated carbocycles. The van der Waals surface area contributed by atoms with Gasteiger partial charge in [-0.15, -0.1) is 0 Å². The number of rotatable bonds is 0. The monoisotopic (exact) mass is 219 g/mol. The van der Waals surface area contributed by atoms with Gasteiger partial charge in [-0.25, -0.2) is 4.98 Å². The van der Waals surface area contributed by atoms with Gasteiger partial charge in [-0.3, -0.25) is 19.5 Å². The van der Waals surface area contributed by atoms with Crippen molar-refractivity contribution in [2.24, 2.45) is 0 Å². The predicted molar refractivity (Wildman–Crippen MR) is 56.7 cm³/mol. The summed E-state index contributed by atoms with van der Waals surface area (Å²) >= 11 is 0. The third-order valence-electron chi connectivity index (χ3n) is 2.42. The predicted octanol–water partition coefficient (Wildman–Crippen LogP) is 0.800. The van der Waals surface area contributed by atoms with Crippen LogP contribution in [0.15, 0.2) is 12.4 Å². The average molecular weight is 219 g/mol. The zero-order valence-electron chi connectivity index (χ0n) is 9.52. The van der Waals surface area contributed by atoms with Crippen molar-refractivity contribution in [2.45, 2.75) is 32.7 Å². The van der Waals surface area contributed by atoms with Gasteiger partial charge in [-0.2, -0.15) is 0 Å². The second-order valence-electron chi connectivity index (χ2n) is 4.73. The molecule has 0 aliphatic carbocycles. The second kappa shape index (κ2) is 3.37. The second-order valence-corrected chi connectivity index (χ2v) is 4.73. The summed E-state index contributed by atoms with van der Waals surface area (Å²) in [5, 5.41) is 0. The van der Waals surface area contributed by atoms with Crippen molar-refractivity contribution in [2.75, 3.05) is 0 Å². The Morgan fingerprint density at radius 2 is 1.81 bits per heavy atom. The number of carbonyl (C=O) groups excluding carboxylic acids is 2. The number of hydrogen-bond donors (Lipinski definition) is 0. The van der Waals surface area contributed by atoms with E-state index in [-0.39, 0.29) is 23.9 Å². The van der Waals surface area contributed by atoms with Crippen LogP contribution in [0.2, 0.25) is 0 Å². The first-order chi connectivity index (χ1) is 7.41. The molecule has 5 nitrogen and oxygen atoms in total. The number of imide groups is 1. The van der Waals surface area contributed by atoms with Gasteiger partial charge < -0.3 is 0 Å². The molecule has 1 aliphatic rings. The maximum absolute atomic E-state index is 12.1. The zero-order chi connectivity index (χ0) is 11.9. The summed E-state index contributed by atoms with van der Waals surface area (Å²) in [6, 6.07) is 0. The molecule has 2 amide bonds. The number of nitrogens with zero attached hydrogens (tertiary/aromatic N) is 3. The lowest BCUT2D eigenvalue weighted by molar-refractivity contribution is -0.132. The van der Waals surface area contributed by atoms with Crippen LogP contribution in [0.25, 0.3) is 0 Å². The standard InChI is InChI=1S/C11H13N3O2/c1-11(2,3)14-8(15)6-7-9(10(14)16)13-5-4-12-7/h4-5H,6H2,1-3H3. The van der Waals surface area contributed by atoms with E-state index in [0.717, 1.165) is 0 Å². The van der Waals surface area contributed by atoms with Gasteiger partial charge in [0, 0.05) is 17.9 Å². The first kappa shape index (κ1) is 10.7. The van der Waals surface area contributed by atoms with Crippen LogP contribution in [0, 0.1) is 0 Å². The summed E-state index contributed by atoms with van der Waals surface area (Å²) in [5.74, 6) is -0.572. The minimum atomic E-state index is -0.524. The summed E-state index contributed by atoms with van der Waals surface area (Å²) in [7, 11) is 0. The Kier molecular flexibility index (Phi) is 2.26. The Balaban J connectivity index is 2.50. The van der Waals surface area contributed by atoms with Gasteiger partial charge in [0.2, 0.25) is 5.91 Å². The van der Waals surface area contributed by atoms with Crippen LogP contribution >= 0.6 is 0 Å². The van der Waals surface area contributed by atoms with Gasteiger partial charge in [0.25, 0.3) is 5.91 Å². The van der Waals surface area contributed by atoms with Crippen LogP contribution in [0.3, 0.4) is 0 Å². The molecular formula is C11H13N3O2. The molecule has 84 valence electrons. The van der Waals surface area contributed by atoms with Crippen LogP contribution in [0.1, 0.15) is 37.0 Å². The van der Waals surface area contributed by atoms with Gasteiger partial charge >= 0.3 is 0 Å². The van der Waals surface area contributed by atoms with Crippen molar-refractivity contribution < 1.29 is 9.59 Å². The van der Waals surface area contributed by atoms with Crippen molar-refractivity contribution in [1.82, 2.24) is 14.9 Å². The molecule has 1 aromatic rings. The van der Waals surface area contributed by atoms with Crippen LogP contribution in [-0.2, 0) is 11.2 Å². The lowest BCUT2D eigenvalue weighted by atomic mass is 10.00. The molecule has 16 heavy (non-hydrogen) atoms. The highest BCUT2D eigenvalue weighted by Gasteiger charge is 2.39. The van der Waals surface area contributed by atoms with Gasteiger partial charge in [0.15, 0.2) is 5.69 Å². The molecule has 2 rings (SSSR count). The van der Waals surface area contributed by atoms with E-state index in [1.165, 1.54) is 17.3 Å². The maximum Gasteiger partial charge on any atom is 0.281 e. The quantitative estimate of drug-likeness (QED) is 0.605. The lowest BCUT2D eigenvalue weighted by Crippen LogP contribution is -2.53. The van der Waals surface area contributed by atoms with Crippen molar-refractivity contribution >= 4 is 11.8 Å². The number of hydrogen-bond acceptors (Lipinski definition) is 4. The fourth-order valence-corrected chi connectivity index (χ4v) is 1.80. The first-order valence-corrected chi connectivity index (χ1v) is 5.08. The number of amides is 2. The Hall–Kier alpha value is -1.78. The largest absolute Gasteiger partial charge is 0.281 e. The molecule has 0 atom stereocenters. The maximum atomic E-state index is 12.1. The molecule has 1 aromatic heterocycles. The minimum absolute atomic E-state index is 0.145. The van der Waals surface area contributed by atoms with Gasteiger partial charge in [0.1, 0.15) is 0 Å². The van der Waals surface area contributed by atoms with Gasteiger partial charge in [0.05, 0.1) is 12.1 Å². The zero-order valence-corrected chi connectivity index (χ0v) is 9.52. The third kappa shape index (κ3) is 1.58. The Bertz CT molecular complexity index is 463. The van der Waals surface area contributed by atoms with E-state index in [4.69, 9.17) is 0 Å². The molecule has 0 unspecified atom stereocenters. The topological polar surface area (TPSA) is 63.2 Å². The van der Waals surface area contributed by atoms with Crippen LogP contribution in [-0.4, -0.2) is 32.2 Å². The molecule has 1 aliphatic heterocycles. The Morgan fingerprint density at radius 1 is 1.19 bits per heavy atom.